The van der Waals surface area contributed by atoms with Gasteiger partial charge in [0.05, 0.1) is 18.9 Å². The predicted octanol–water partition coefficient (Wildman–Crippen LogP) is 0.113. The highest BCUT2D eigenvalue weighted by Gasteiger charge is 2.62. The molecule has 1 aliphatic heterocycles. The third kappa shape index (κ3) is 6.43. The Bertz CT molecular complexity index is 723. The van der Waals surface area contributed by atoms with Crippen LogP contribution in [-0.4, -0.2) is 65.1 Å². The number of hydrogen-bond donors (Lipinski definition) is 4. The number of amides is 2. The number of carbonyl (C=O) groups is 5. The number of aliphatic carboxylic acids is 2. The van der Waals surface area contributed by atoms with Gasteiger partial charge < -0.3 is 30.2 Å². The second kappa shape index (κ2) is 10.6. The fourth-order valence-electron chi connectivity index (χ4n) is 3.86. The molecule has 0 bridgehead atoms. The highest BCUT2D eigenvalue weighted by molar-refractivity contribution is 6.53. The van der Waals surface area contributed by atoms with Crippen molar-refractivity contribution in [1.29, 1.82) is 0 Å². The van der Waals surface area contributed by atoms with Crippen molar-refractivity contribution in [1.82, 2.24) is 10.6 Å². The van der Waals surface area contributed by atoms with Crippen molar-refractivity contribution in [3.05, 3.63) is 0 Å². The van der Waals surface area contributed by atoms with E-state index in [2.05, 4.69) is 10.6 Å². The lowest BCUT2D eigenvalue weighted by molar-refractivity contribution is -0.168. The average Bonchev–Trinajstić information content (AvgIpc) is 3.03. The standard InChI is InChI=1S/C19H29BN2O9/c1-11(2)8-13(20-30-18(29)19(31-20,17(27)28)9-15(24)25)22-14(23)10-21-16(26)12-6-4-3-5-7-12/h11-13H,3-10H2,1-2H3,(H,21,26)(H,22,23)(H,24,25)(H,27,28)/t13-,19?/m0/s1. The Kier molecular flexibility index (Phi) is 8.43. The van der Waals surface area contributed by atoms with E-state index >= 15 is 0 Å². The van der Waals surface area contributed by atoms with Crippen molar-refractivity contribution in [3.63, 3.8) is 0 Å². The van der Waals surface area contributed by atoms with Crippen LogP contribution in [-0.2, 0) is 33.3 Å². The minimum atomic E-state index is -2.67. The molecular weight excluding hydrogens is 411 g/mol. The van der Waals surface area contributed by atoms with Crippen LogP contribution in [0.4, 0.5) is 0 Å². The average molecular weight is 440 g/mol. The second-order valence-electron chi connectivity index (χ2n) is 8.45. The molecule has 2 amide bonds. The number of carboxylic acid groups (broad SMARTS) is 2. The summed E-state index contributed by atoms with van der Waals surface area (Å²) in [6, 6.07) is 0. The van der Waals surface area contributed by atoms with Crippen molar-refractivity contribution in [2.75, 3.05) is 6.54 Å². The van der Waals surface area contributed by atoms with Gasteiger partial charge in [-0.1, -0.05) is 33.1 Å². The maximum Gasteiger partial charge on any atom is 0.552 e. The van der Waals surface area contributed by atoms with Gasteiger partial charge in [-0.15, -0.1) is 0 Å². The molecule has 31 heavy (non-hydrogen) atoms. The molecule has 1 saturated carbocycles. The molecule has 11 nitrogen and oxygen atoms in total. The lowest BCUT2D eigenvalue weighted by Crippen LogP contribution is -2.53. The van der Waals surface area contributed by atoms with Crippen LogP contribution >= 0.6 is 0 Å². The molecule has 2 rings (SSSR count). The summed E-state index contributed by atoms with van der Waals surface area (Å²) in [4.78, 5) is 59.5. The van der Waals surface area contributed by atoms with Crippen LogP contribution in [0.15, 0.2) is 0 Å². The van der Waals surface area contributed by atoms with Gasteiger partial charge in [0, 0.05) is 5.92 Å². The Labute approximate surface area is 180 Å². The first kappa shape index (κ1) is 24.6. The first-order chi connectivity index (χ1) is 14.5. The van der Waals surface area contributed by atoms with Gasteiger partial charge >= 0.3 is 25.0 Å². The Balaban J connectivity index is 2.01. The number of nitrogens with one attached hydrogen (secondary N) is 2. The minimum absolute atomic E-state index is 0.00346. The van der Waals surface area contributed by atoms with Crippen molar-refractivity contribution >= 4 is 36.8 Å². The third-order valence-electron chi connectivity index (χ3n) is 5.42. The van der Waals surface area contributed by atoms with Gasteiger partial charge in [-0.05, 0) is 25.2 Å². The van der Waals surface area contributed by atoms with Crippen molar-refractivity contribution < 1.29 is 43.5 Å². The Morgan fingerprint density at radius 1 is 1.16 bits per heavy atom. The third-order valence-corrected chi connectivity index (χ3v) is 5.42. The summed E-state index contributed by atoms with van der Waals surface area (Å²) < 4.78 is 10.3. The van der Waals surface area contributed by atoms with Crippen molar-refractivity contribution in [2.24, 2.45) is 11.8 Å². The zero-order valence-electron chi connectivity index (χ0n) is 17.7. The Morgan fingerprint density at radius 3 is 2.35 bits per heavy atom. The van der Waals surface area contributed by atoms with E-state index in [1.165, 1.54) is 0 Å². The van der Waals surface area contributed by atoms with Crippen molar-refractivity contribution in [2.45, 2.75) is 70.3 Å². The van der Waals surface area contributed by atoms with Gasteiger partial charge in [-0.2, -0.15) is 0 Å². The largest absolute Gasteiger partial charge is 0.552 e. The van der Waals surface area contributed by atoms with Gasteiger partial charge in [0.15, 0.2) is 0 Å². The second-order valence-corrected chi connectivity index (χ2v) is 8.45. The monoisotopic (exact) mass is 440 g/mol. The van der Waals surface area contributed by atoms with E-state index in [9.17, 15) is 29.1 Å². The SMILES string of the molecule is CC(C)C[C@H](NC(=O)CNC(=O)C1CCCCC1)B1OC(=O)C(CC(=O)O)(C(=O)O)O1. The molecule has 1 saturated heterocycles. The summed E-state index contributed by atoms with van der Waals surface area (Å²) in [7, 11) is -1.47. The van der Waals surface area contributed by atoms with Crippen LogP contribution in [0.3, 0.4) is 0 Å². The van der Waals surface area contributed by atoms with E-state index in [1.54, 1.807) is 0 Å². The smallest absolute Gasteiger partial charge is 0.506 e. The zero-order valence-corrected chi connectivity index (χ0v) is 17.7. The van der Waals surface area contributed by atoms with Crippen LogP contribution in [0.5, 0.6) is 0 Å². The summed E-state index contributed by atoms with van der Waals surface area (Å²) in [5.41, 5.74) is -2.67. The summed E-state index contributed by atoms with van der Waals surface area (Å²) in [5.74, 6) is -6.43. The molecular formula is C19H29BN2O9. The molecule has 1 unspecified atom stereocenters. The molecule has 1 heterocycles. The first-order valence-corrected chi connectivity index (χ1v) is 10.5. The molecule has 172 valence electrons. The molecule has 2 fully saturated rings. The molecule has 0 aromatic rings. The Morgan fingerprint density at radius 2 is 1.81 bits per heavy atom. The molecule has 0 aromatic heterocycles. The molecule has 12 heteroatoms. The molecule has 0 spiro atoms. The number of hydrogen-bond acceptors (Lipinski definition) is 7. The molecule has 0 aromatic carbocycles. The van der Waals surface area contributed by atoms with Crippen LogP contribution < -0.4 is 10.6 Å². The minimum Gasteiger partial charge on any atom is -0.506 e. The molecule has 2 atom stereocenters. The van der Waals surface area contributed by atoms with Gasteiger partial charge in [0.2, 0.25) is 11.8 Å². The van der Waals surface area contributed by atoms with E-state index in [4.69, 9.17) is 14.4 Å². The van der Waals surface area contributed by atoms with Gasteiger partial charge in [-0.25, -0.2) is 9.59 Å². The molecule has 1 aliphatic carbocycles. The summed E-state index contributed by atoms with van der Waals surface area (Å²) in [5, 5.41) is 23.6. The van der Waals surface area contributed by atoms with Crippen LogP contribution in [0, 0.1) is 11.8 Å². The number of carboxylic acids is 2. The van der Waals surface area contributed by atoms with E-state index in [0.29, 0.717) is 0 Å². The number of rotatable bonds is 10. The molecule has 2 aliphatic rings. The summed E-state index contributed by atoms with van der Waals surface area (Å²) in [6.45, 7) is 3.38. The lowest BCUT2D eigenvalue weighted by atomic mass is 9.74. The fourth-order valence-corrected chi connectivity index (χ4v) is 3.86. The summed E-state index contributed by atoms with van der Waals surface area (Å²) >= 11 is 0. The number of carbonyl (C=O) groups excluding carboxylic acids is 3. The predicted molar refractivity (Wildman–Crippen MR) is 107 cm³/mol. The van der Waals surface area contributed by atoms with Crippen LogP contribution in [0.25, 0.3) is 0 Å². The zero-order chi connectivity index (χ0) is 23.2. The van der Waals surface area contributed by atoms with Crippen LogP contribution in [0.1, 0.15) is 58.8 Å². The van der Waals surface area contributed by atoms with E-state index in [-0.39, 0.29) is 30.7 Å². The normalized spacial score (nSPS) is 22.7. The Hall–Kier alpha value is -2.63. The van der Waals surface area contributed by atoms with E-state index in [1.807, 2.05) is 13.8 Å². The highest BCUT2D eigenvalue weighted by Crippen LogP contribution is 2.30. The fraction of sp³-hybridized carbons (Fsp3) is 0.737. The lowest BCUT2D eigenvalue weighted by Gasteiger charge is -2.24. The first-order valence-electron chi connectivity index (χ1n) is 10.5. The highest BCUT2D eigenvalue weighted by atomic mass is 16.7. The van der Waals surface area contributed by atoms with Gasteiger partial charge in [0.1, 0.15) is 0 Å². The molecule has 0 radical (unpaired) electrons. The maximum atomic E-state index is 12.4. The summed E-state index contributed by atoms with van der Waals surface area (Å²) in [6.07, 6.45) is 3.79. The van der Waals surface area contributed by atoms with Gasteiger partial charge in [-0.3, -0.25) is 14.4 Å². The maximum absolute atomic E-state index is 12.4. The van der Waals surface area contributed by atoms with E-state index in [0.717, 1.165) is 32.1 Å². The van der Waals surface area contributed by atoms with Crippen molar-refractivity contribution in [3.8, 4) is 0 Å². The quantitative estimate of drug-likeness (QED) is 0.272. The van der Waals surface area contributed by atoms with Gasteiger partial charge in [0.25, 0.3) is 5.60 Å². The topological polar surface area (TPSA) is 168 Å². The molecule has 4 N–H and O–H groups in total. The van der Waals surface area contributed by atoms with E-state index < -0.39 is 48.9 Å². The van der Waals surface area contributed by atoms with Crippen LogP contribution in [0.2, 0.25) is 0 Å².